The molecule has 1 aromatic heterocycles. The van der Waals surface area contributed by atoms with Crippen LogP contribution in [0.4, 0.5) is 0 Å². The molecule has 0 saturated heterocycles. The van der Waals surface area contributed by atoms with Gasteiger partial charge in [-0.05, 0) is 70.2 Å². The summed E-state index contributed by atoms with van der Waals surface area (Å²) in [5.41, 5.74) is 1.38. The van der Waals surface area contributed by atoms with Crippen LogP contribution in [0.15, 0.2) is 30.5 Å². The molecular weight excluding hydrogens is 396 g/mol. The molecule has 31 heavy (non-hydrogen) atoms. The third-order valence-corrected chi connectivity index (χ3v) is 5.01. The Bertz CT molecular complexity index is 838. The molecule has 1 amide bonds. The number of nitrogens with one attached hydrogen (secondary N) is 1. The van der Waals surface area contributed by atoms with Crippen LogP contribution in [-0.2, 0) is 6.54 Å². The lowest BCUT2D eigenvalue weighted by atomic mass is 10.1. The third-order valence-electron chi connectivity index (χ3n) is 5.01. The highest BCUT2D eigenvalue weighted by Gasteiger charge is 2.19. The Morgan fingerprint density at radius 1 is 1.00 bits per heavy atom. The molecule has 2 aromatic rings. The average molecular weight is 429 g/mol. The second-order valence-electron chi connectivity index (χ2n) is 7.31. The van der Waals surface area contributed by atoms with Gasteiger partial charge in [0.05, 0.1) is 19.8 Å². The Hall–Kier alpha value is -2.96. The molecule has 0 radical (unpaired) electrons. The van der Waals surface area contributed by atoms with Gasteiger partial charge in [-0.2, -0.15) is 0 Å². The van der Waals surface area contributed by atoms with Gasteiger partial charge in [0.25, 0.3) is 5.91 Å². The van der Waals surface area contributed by atoms with Gasteiger partial charge >= 0.3 is 0 Å². The monoisotopic (exact) mass is 428 g/mol. The number of nitrogens with zero attached hydrogens (tertiary/aromatic N) is 1. The molecule has 0 spiro atoms. The molecule has 1 N–H and O–H groups in total. The zero-order chi connectivity index (χ0) is 22.1. The van der Waals surface area contributed by atoms with E-state index in [1.165, 1.54) is 12.8 Å². The highest BCUT2D eigenvalue weighted by Crippen LogP contribution is 2.39. The Labute approximate surface area is 184 Å². The number of carbonyl (C=O) groups excluding carboxylic acids is 1. The number of carbonyl (C=O) groups is 1. The number of ether oxygens (including phenoxy) is 4. The fourth-order valence-electron chi connectivity index (χ4n) is 3.61. The van der Waals surface area contributed by atoms with E-state index in [-0.39, 0.29) is 12.0 Å². The van der Waals surface area contributed by atoms with Crippen molar-refractivity contribution in [1.29, 1.82) is 0 Å². The van der Waals surface area contributed by atoms with E-state index in [0.29, 0.717) is 55.1 Å². The highest BCUT2D eigenvalue weighted by molar-refractivity contribution is 5.95. The first-order chi connectivity index (χ1) is 15.1. The van der Waals surface area contributed by atoms with Crippen LogP contribution in [0.2, 0.25) is 0 Å². The highest BCUT2D eigenvalue weighted by atomic mass is 16.5. The fraction of sp³-hybridized carbons (Fsp3) is 0.500. The molecule has 3 rings (SSSR count). The summed E-state index contributed by atoms with van der Waals surface area (Å²) < 4.78 is 23.1. The van der Waals surface area contributed by atoms with Crippen molar-refractivity contribution in [3.63, 3.8) is 0 Å². The second kappa shape index (κ2) is 11.4. The maximum atomic E-state index is 12.9. The largest absolute Gasteiger partial charge is 0.490 e. The molecule has 1 saturated carbocycles. The Kier molecular flexibility index (Phi) is 8.38. The van der Waals surface area contributed by atoms with Crippen LogP contribution < -0.4 is 24.3 Å². The number of hydrogen-bond donors (Lipinski definition) is 1. The first kappa shape index (κ1) is 22.7. The van der Waals surface area contributed by atoms with Crippen LogP contribution in [0, 0.1) is 0 Å². The zero-order valence-corrected chi connectivity index (χ0v) is 18.6. The first-order valence-corrected chi connectivity index (χ1v) is 11.1. The number of benzene rings is 1. The molecule has 0 unspecified atom stereocenters. The standard InChI is InChI=1S/C24H32N2O5/c1-4-28-20-14-18(15-21(29-5-2)23(20)30-6-3)24(27)26-16-17-11-12-25-22(13-17)31-19-9-7-8-10-19/h11-15,19H,4-10,16H2,1-3H3,(H,26,27). The first-order valence-electron chi connectivity index (χ1n) is 11.1. The molecular formula is C24H32N2O5. The van der Waals surface area contributed by atoms with E-state index in [0.717, 1.165) is 18.4 Å². The Balaban J connectivity index is 1.70. The van der Waals surface area contributed by atoms with Crippen molar-refractivity contribution < 1.29 is 23.7 Å². The van der Waals surface area contributed by atoms with E-state index in [2.05, 4.69) is 10.3 Å². The van der Waals surface area contributed by atoms with Gasteiger partial charge in [-0.3, -0.25) is 4.79 Å². The summed E-state index contributed by atoms with van der Waals surface area (Å²) in [6, 6.07) is 7.13. The van der Waals surface area contributed by atoms with Crippen LogP contribution in [0.3, 0.4) is 0 Å². The molecule has 1 aliphatic rings. The van der Waals surface area contributed by atoms with Gasteiger partial charge < -0.3 is 24.3 Å². The van der Waals surface area contributed by atoms with Gasteiger partial charge in [0.15, 0.2) is 11.5 Å². The summed E-state index contributed by atoms with van der Waals surface area (Å²) in [6.07, 6.45) is 6.51. The maximum absolute atomic E-state index is 12.9. The molecule has 0 atom stereocenters. The number of aromatic nitrogens is 1. The molecule has 1 fully saturated rings. The van der Waals surface area contributed by atoms with Crippen LogP contribution in [-0.4, -0.2) is 36.8 Å². The van der Waals surface area contributed by atoms with Crippen molar-refractivity contribution in [2.75, 3.05) is 19.8 Å². The summed E-state index contributed by atoms with van der Waals surface area (Å²) in [7, 11) is 0. The van der Waals surface area contributed by atoms with Gasteiger partial charge in [-0.25, -0.2) is 4.98 Å². The smallest absolute Gasteiger partial charge is 0.251 e. The minimum absolute atomic E-state index is 0.222. The zero-order valence-electron chi connectivity index (χ0n) is 18.6. The van der Waals surface area contributed by atoms with Crippen LogP contribution >= 0.6 is 0 Å². The predicted octanol–water partition coefficient (Wildman–Crippen LogP) is 4.53. The third kappa shape index (κ3) is 6.26. The van der Waals surface area contributed by atoms with E-state index in [4.69, 9.17) is 18.9 Å². The van der Waals surface area contributed by atoms with E-state index in [1.54, 1.807) is 18.3 Å². The summed E-state index contributed by atoms with van der Waals surface area (Å²) in [4.78, 5) is 17.2. The summed E-state index contributed by atoms with van der Waals surface area (Å²) in [6.45, 7) is 7.41. The molecule has 0 aliphatic heterocycles. The van der Waals surface area contributed by atoms with Gasteiger partial charge in [-0.15, -0.1) is 0 Å². The lowest BCUT2D eigenvalue weighted by Crippen LogP contribution is -2.23. The van der Waals surface area contributed by atoms with E-state index < -0.39 is 0 Å². The summed E-state index contributed by atoms with van der Waals surface area (Å²) in [5, 5.41) is 2.95. The predicted molar refractivity (Wildman–Crippen MR) is 118 cm³/mol. The molecule has 7 heteroatoms. The second-order valence-corrected chi connectivity index (χ2v) is 7.31. The Morgan fingerprint density at radius 3 is 2.26 bits per heavy atom. The van der Waals surface area contributed by atoms with Gasteiger partial charge in [0.2, 0.25) is 11.6 Å². The van der Waals surface area contributed by atoms with Crippen LogP contribution in [0.1, 0.15) is 62.4 Å². The van der Waals surface area contributed by atoms with Gasteiger partial charge in [-0.1, -0.05) is 0 Å². The quantitative estimate of drug-likeness (QED) is 0.567. The summed E-state index contributed by atoms with van der Waals surface area (Å²) in [5.74, 6) is 1.90. The minimum Gasteiger partial charge on any atom is -0.490 e. The lowest BCUT2D eigenvalue weighted by Gasteiger charge is -2.17. The van der Waals surface area contributed by atoms with E-state index in [1.807, 2.05) is 32.9 Å². The van der Waals surface area contributed by atoms with Crippen molar-refractivity contribution >= 4 is 5.91 Å². The maximum Gasteiger partial charge on any atom is 0.251 e. The van der Waals surface area contributed by atoms with Crippen molar-refractivity contribution in [2.24, 2.45) is 0 Å². The molecule has 1 heterocycles. The SMILES string of the molecule is CCOc1cc(C(=O)NCc2ccnc(OC3CCCC3)c2)cc(OCC)c1OCC. The molecule has 1 aliphatic carbocycles. The summed E-state index contributed by atoms with van der Waals surface area (Å²) >= 11 is 0. The van der Waals surface area contributed by atoms with Gasteiger partial charge in [0.1, 0.15) is 6.10 Å². The minimum atomic E-state index is -0.222. The normalized spacial score (nSPS) is 13.6. The lowest BCUT2D eigenvalue weighted by molar-refractivity contribution is 0.0949. The fourth-order valence-corrected chi connectivity index (χ4v) is 3.61. The number of pyridine rings is 1. The topological polar surface area (TPSA) is 78.9 Å². The van der Waals surface area contributed by atoms with E-state index >= 15 is 0 Å². The van der Waals surface area contributed by atoms with Gasteiger partial charge in [0, 0.05) is 24.4 Å². The molecule has 0 bridgehead atoms. The Morgan fingerprint density at radius 2 is 1.65 bits per heavy atom. The van der Waals surface area contributed by atoms with E-state index in [9.17, 15) is 4.79 Å². The molecule has 168 valence electrons. The van der Waals surface area contributed by atoms with Crippen LogP contribution in [0.25, 0.3) is 0 Å². The average Bonchev–Trinajstić information content (AvgIpc) is 3.27. The number of rotatable bonds is 11. The molecule has 1 aromatic carbocycles. The van der Waals surface area contributed by atoms with Crippen molar-refractivity contribution in [1.82, 2.24) is 10.3 Å². The van der Waals surface area contributed by atoms with Crippen molar-refractivity contribution in [3.05, 3.63) is 41.6 Å². The van der Waals surface area contributed by atoms with Crippen molar-refractivity contribution in [3.8, 4) is 23.1 Å². The number of hydrogen-bond acceptors (Lipinski definition) is 6. The van der Waals surface area contributed by atoms with Crippen LogP contribution in [0.5, 0.6) is 23.1 Å². The molecule has 7 nitrogen and oxygen atoms in total. The number of amides is 1. The van der Waals surface area contributed by atoms with Crippen molar-refractivity contribution in [2.45, 2.75) is 59.1 Å².